The van der Waals surface area contributed by atoms with Gasteiger partial charge in [0, 0.05) is 53.0 Å². The van der Waals surface area contributed by atoms with Crippen LogP contribution < -0.4 is 4.90 Å². The molecule has 10 rings (SSSR count). The number of fused-ring (bicyclic) bond motifs is 4. The Bertz CT molecular complexity index is 2150. The number of carbonyl (C=O) groups is 2. The van der Waals surface area contributed by atoms with E-state index >= 15 is 4.79 Å². The van der Waals surface area contributed by atoms with Crippen LogP contribution in [0.15, 0.2) is 56.9 Å². The number of nitrogens with one attached hydrogen (secondary N) is 1. The summed E-state index contributed by atoms with van der Waals surface area (Å²) in [7, 11) is 0. The molecule has 5 fully saturated rings. The number of benzene rings is 1. The van der Waals surface area contributed by atoms with Crippen molar-refractivity contribution in [1.29, 1.82) is 0 Å². The van der Waals surface area contributed by atoms with Gasteiger partial charge in [0.05, 0.1) is 30.3 Å². The van der Waals surface area contributed by atoms with Gasteiger partial charge in [-0.3, -0.25) is 14.5 Å². The number of carbonyl (C=O) groups excluding carboxylic acids is 2. The predicted octanol–water partition coefficient (Wildman–Crippen LogP) is 8.11. The van der Waals surface area contributed by atoms with E-state index in [9.17, 15) is 15.0 Å². The second kappa shape index (κ2) is 13.2. The minimum atomic E-state index is -0.702. The van der Waals surface area contributed by atoms with Crippen LogP contribution in [-0.2, 0) is 20.7 Å². The number of ether oxygens (including phenoxy) is 1. The van der Waals surface area contributed by atoms with Crippen LogP contribution in [0.1, 0.15) is 155 Å². The number of Topliss-reactive ketones (excluding diaryl/α,β-unsaturated/α-hetero) is 2. The van der Waals surface area contributed by atoms with Crippen LogP contribution in [-0.4, -0.2) is 65.0 Å². The molecule has 0 radical (unpaired) electrons. The van der Waals surface area contributed by atoms with Gasteiger partial charge in [-0.1, -0.05) is 78.1 Å². The molecule has 4 heterocycles. The highest BCUT2D eigenvalue weighted by molar-refractivity contribution is 6.02. The number of aliphatic hydroxyl groups is 2. The van der Waals surface area contributed by atoms with Crippen molar-refractivity contribution in [2.75, 3.05) is 13.1 Å². The summed E-state index contributed by atoms with van der Waals surface area (Å²) in [6.45, 7) is 21.6. The summed E-state index contributed by atoms with van der Waals surface area (Å²) < 4.78 is 6.03. The third-order valence-corrected chi connectivity index (χ3v) is 19.2. The van der Waals surface area contributed by atoms with Crippen LogP contribution in [0.4, 0.5) is 0 Å². The second-order valence-corrected chi connectivity index (χ2v) is 23.4. The summed E-state index contributed by atoms with van der Waals surface area (Å²) in [5.74, 6) is 1.10. The van der Waals surface area contributed by atoms with Crippen molar-refractivity contribution in [3.63, 3.8) is 0 Å². The number of aryl methyl sites for hydroxylation is 1. The van der Waals surface area contributed by atoms with Crippen molar-refractivity contribution < 1.29 is 29.4 Å². The van der Waals surface area contributed by atoms with Gasteiger partial charge in [-0.15, -0.1) is 0 Å². The van der Waals surface area contributed by atoms with E-state index in [1.807, 2.05) is 13.8 Å². The van der Waals surface area contributed by atoms with Gasteiger partial charge in [-0.25, -0.2) is 4.99 Å². The Balaban J connectivity index is 1.10. The molecule has 4 aliphatic heterocycles. The molecule has 0 spiro atoms. The molecule has 1 aromatic carbocycles. The van der Waals surface area contributed by atoms with Crippen LogP contribution in [0.2, 0.25) is 0 Å². The summed E-state index contributed by atoms with van der Waals surface area (Å²) in [6.07, 6.45) is 12.1. The Morgan fingerprint density at radius 2 is 1.68 bits per heavy atom. The molecular weight excluding hydrogens is 733 g/mol. The maximum absolute atomic E-state index is 15.2. The first-order valence-electron chi connectivity index (χ1n) is 23.5. The lowest BCUT2D eigenvalue weighted by Crippen LogP contribution is -3.10. The summed E-state index contributed by atoms with van der Waals surface area (Å²) in [5, 5.41) is 25.4. The minimum absolute atomic E-state index is 0.0593. The number of hydrogen-bond acceptors (Lipinski definition) is 6. The summed E-state index contributed by atoms with van der Waals surface area (Å²) in [6, 6.07) is 7.25. The quantitative estimate of drug-likeness (QED) is 0.253. The SMILES string of the molecule is Cc1cc(CC2=C3N=CC4=C3[NH+](C2)C[C@@H]2C3=C(C(=O)C[C@]3(C)[C@@]3(C)CC[C@H]5C(C)(C)C(=O)CC[C@]5(C)[C@@H]3[C@@H]2O)[C@](C)(C[C@@H](O)[C@@H]2OC2(C)C)CC4)cc(C2CCCC2)c1. The van der Waals surface area contributed by atoms with E-state index in [2.05, 4.69) is 72.9 Å². The number of aliphatic imine (C=N–C) groups is 1. The number of quaternary nitrogens is 1. The molecule has 0 bridgehead atoms. The average Bonchev–Trinajstić information content (AvgIpc) is 3.69. The normalized spacial score (nSPS) is 42.6. The van der Waals surface area contributed by atoms with E-state index in [4.69, 9.17) is 9.73 Å². The fourth-order valence-corrected chi connectivity index (χ4v) is 16.2. The van der Waals surface area contributed by atoms with E-state index in [0.717, 1.165) is 56.3 Å². The van der Waals surface area contributed by atoms with Gasteiger partial charge >= 0.3 is 0 Å². The molecule has 11 atom stereocenters. The first kappa shape index (κ1) is 40.4. The largest absolute Gasteiger partial charge is 0.392 e. The Morgan fingerprint density at radius 3 is 2.39 bits per heavy atom. The monoisotopic (exact) mass is 804 g/mol. The highest BCUT2D eigenvalue weighted by Gasteiger charge is 2.73. The molecule has 7 heteroatoms. The lowest BCUT2D eigenvalue weighted by molar-refractivity contribution is -0.852. The molecular formula is C52H71N2O5+. The lowest BCUT2D eigenvalue weighted by Gasteiger charge is -2.70. The Labute approximate surface area is 353 Å². The van der Waals surface area contributed by atoms with Crippen LogP contribution in [0.25, 0.3) is 0 Å². The molecule has 1 aromatic rings. The van der Waals surface area contributed by atoms with E-state index in [1.165, 1.54) is 69.7 Å². The first-order valence-corrected chi connectivity index (χ1v) is 23.5. The Kier molecular flexibility index (Phi) is 9.00. The van der Waals surface area contributed by atoms with Crippen LogP contribution in [0.3, 0.4) is 0 Å². The van der Waals surface area contributed by atoms with Crippen LogP contribution >= 0.6 is 0 Å². The van der Waals surface area contributed by atoms with E-state index in [1.54, 1.807) is 0 Å². The summed E-state index contributed by atoms with van der Waals surface area (Å²) >= 11 is 0. The van der Waals surface area contributed by atoms with Crippen molar-refractivity contribution in [3.8, 4) is 0 Å². The lowest BCUT2D eigenvalue weighted by atomic mass is 9.34. The highest BCUT2D eigenvalue weighted by atomic mass is 16.6. The number of rotatable bonds is 6. The zero-order valence-electron chi connectivity index (χ0n) is 37.5. The number of nitrogens with zero attached hydrogens (tertiary/aromatic N) is 1. The molecule has 4 saturated carbocycles. The number of aliphatic hydroxyl groups excluding tert-OH is 2. The molecule has 5 aliphatic carbocycles. The molecule has 3 N–H and O–H groups in total. The van der Waals surface area contributed by atoms with Gasteiger partial charge in [-0.2, -0.15) is 0 Å². The van der Waals surface area contributed by atoms with Crippen molar-refractivity contribution in [1.82, 2.24) is 0 Å². The van der Waals surface area contributed by atoms with Crippen molar-refractivity contribution in [3.05, 3.63) is 68.6 Å². The average molecular weight is 804 g/mol. The number of hydrogen-bond donors (Lipinski definition) is 3. The molecule has 318 valence electrons. The Hall–Kier alpha value is -2.71. The molecule has 59 heavy (non-hydrogen) atoms. The summed E-state index contributed by atoms with van der Waals surface area (Å²) in [4.78, 5) is 35.4. The van der Waals surface area contributed by atoms with Gasteiger partial charge in [-0.05, 0) is 123 Å². The molecule has 0 amide bonds. The smallest absolute Gasteiger partial charge is 0.162 e. The van der Waals surface area contributed by atoms with Crippen molar-refractivity contribution >= 4 is 17.8 Å². The fourth-order valence-electron chi connectivity index (χ4n) is 16.2. The third-order valence-electron chi connectivity index (χ3n) is 19.2. The van der Waals surface area contributed by atoms with E-state index < -0.39 is 28.5 Å². The fraction of sp³-hybridized carbons (Fsp3) is 0.712. The number of allylic oxidation sites excluding steroid dienone is 2. The maximum Gasteiger partial charge on any atom is 0.162 e. The highest BCUT2D eigenvalue weighted by Crippen LogP contribution is 2.75. The van der Waals surface area contributed by atoms with Crippen LogP contribution in [0, 0.1) is 51.8 Å². The standard InChI is InChI=1S/C52H70N2O5/c1-29-20-30(22-33(21-29)31-12-10-11-13-31)23-34-27-54-28-35-40-41(49(6,24-37(56)46-48(4,5)59-46)17-14-32-26-53-42(34)43(32)54)36(55)25-52(40,9)51(8)19-15-38-47(2,3)39(57)16-18-50(38,7)45(51)44(35)58/h20-22,26,31,35,37-38,44-46,56,58H,10-19,23-25,27-28H2,1-9H3/p+1/t35-,37-,38+,44-,45+,46+,49+,50+,51+,52+/m1/s1. The Morgan fingerprint density at radius 1 is 0.949 bits per heavy atom. The first-order chi connectivity index (χ1) is 27.7. The number of ketones is 2. The molecule has 1 saturated heterocycles. The molecule has 9 aliphatic rings. The zero-order chi connectivity index (χ0) is 41.8. The van der Waals surface area contributed by atoms with Gasteiger partial charge in [0.2, 0.25) is 0 Å². The second-order valence-electron chi connectivity index (χ2n) is 23.4. The van der Waals surface area contributed by atoms with Gasteiger partial charge in [0.1, 0.15) is 24.1 Å². The van der Waals surface area contributed by atoms with Gasteiger partial charge in [0.25, 0.3) is 0 Å². The maximum atomic E-state index is 15.2. The molecule has 0 aromatic heterocycles. The molecule has 7 nitrogen and oxygen atoms in total. The minimum Gasteiger partial charge on any atom is -0.392 e. The predicted molar refractivity (Wildman–Crippen MR) is 231 cm³/mol. The van der Waals surface area contributed by atoms with Gasteiger partial charge < -0.3 is 14.9 Å². The van der Waals surface area contributed by atoms with E-state index in [-0.39, 0.29) is 46.1 Å². The summed E-state index contributed by atoms with van der Waals surface area (Å²) in [5.41, 5.74) is 8.88. The third kappa shape index (κ3) is 5.75. The van der Waals surface area contributed by atoms with Crippen molar-refractivity contribution in [2.45, 2.75) is 176 Å². The van der Waals surface area contributed by atoms with Gasteiger partial charge in [0.15, 0.2) is 11.5 Å². The molecule has 1 unspecified atom stereocenters. The van der Waals surface area contributed by atoms with E-state index in [0.29, 0.717) is 37.5 Å². The van der Waals surface area contributed by atoms with Crippen molar-refractivity contribution in [2.24, 2.45) is 49.8 Å². The van der Waals surface area contributed by atoms with Crippen LogP contribution in [0.5, 0.6) is 0 Å². The number of epoxide rings is 1. The zero-order valence-corrected chi connectivity index (χ0v) is 37.5. The topological polar surface area (TPSA) is 104 Å².